The summed E-state index contributed by atoms with van der Waals surface area (Å²) in [6.07, 6.45) is -0.701. The summed E-state index contributed by atoms with van der Waals surface area (Å²) in [6.45, 7) is 0.196. The van der Waals surface area contributed by atoms with Crippen molar-refractivity contribution in [2.24, 2.45) is 0 Å². The minimum absolute atomic E-state index is 0.141. The molecular weight excluding hydrogens is 292 g/mol. The first-order valence-electron chi connectivity index (χ1n) is 7.41. The van der Waals surface area contributed by atoms with Crippen LogP contribution in [0.5, 0.6) is 5.75 Å². The van der Waals surface area contributed by atoms with E-state index >= 15 is 0 Å². The molecule has 118 valence electrons. The fraction of sp³-hybridized carbons (Fsp3) is 0.222. The van der Waals surface area contributed by atoms with Crippen LogP contribution in [0.2, 0.25) is 0 Å². The summed E-state index contributed by atoms with van der Waals surface area (Å²) in [6, 6.07) is 16.3. The summed E-state index contributed by atoms with van der Waals surface area (Å²) in [4.78, 5) is 28.2. The number of anilines is 1. The van der Waals surface area contributed by atoms with E-state index in [1.807, 2.05) is 36.4 Å². The molecule has 1 heterocycles. The van der Waals surface area contributed by atoms with Gasteiger partial charge < -0.3 is 14.5 Å². The zero-order valence-electron chi connectivity index (χ0n) is 13.1. The number of hydrogen-bond donors (Lipinski definition) is 0. The minimum atomic E-state index is -0.701. The molecule has 0 fully saturated rings. The molecule has 1 aliphatic heterocycles. The number of likely N-dealkylation sites (N-methyl/N-ethyl adjacent to an activating group) is 1. The number of fused-ring (bicyclic) bond motifs is 1. The summed E-state index contributed by atoms with van der Waals surface area (Å²) in [5.41, 5.74) is 1.27. The van der Waals surface area contributed by atoms with Gasteiger partial charge in [-0.2, -0.15) is 0 Å². The molecule has 0 saturated heterocycles. The molecule has 0 saturated carbocycles. The third kappa shape index (κ3) is 2.90. The number of carbonyl (C=O) groups is 2. The summed E-state index contributed by atoms with van der Waals surface area (Å²) in [5, 5.41) is 0. The lowest BCUT2D eigenvalue weighted by molar-refractivity contribution is -0.135. The molecule has 5 heteroatoms. The number of nitrogens with zero attached hydrogens (tertiary/aromatic N) is 2. The van der Waals surface area contributed by atoms with E-state index in [0.717, 1.165) is 0 Å². The van der Waals surface area contributed by atoms with E-state index in [1.54, 1.807) is 37.2 Å². The number of hydrogen-bond acceptors (Lipinski definition) is 3. The van der Waals surface area contributed by atoms with Crippen LogP contribution in [0, 0.1) is 0 Å². The third-order valence-electron chi connectivity index (χ3n) is 3.76. The molecule has 2 amide bonds. The zero-order chi connectivity index (χ0) is 16.4. The Kier molecular flexibility index (Phi) is 4.02. The SMILES string of the molecule is CN(C)C(=O)[C@@H]1CN(C(=O)c2ccccc2)c2ccccc2O1. The number of ether oxygens (including phenoxy) is 1. The fourth-order valence-electron chi connectivity index (χ4n) is 2.58. The predicted octanol–water partition coefficient (Wildman–Crippen LogP) is 2.18. The number of rotatable bonds is 2. The summed E-state index contributed by atoms with van der Waals surface area (Å²) >= 11 is 0. The van der Waals surface area contributed by atoms with Crippen LogP contribution >= 0.6 is 0 Å². The Bertz CT molecular complexity index is 728. The minimum Gasteiger partial charge on any atom is -0.476 e. The van der Waals surface area contributed by atoms with E-state index in [-0.39, 0.29) is 18.4 Å². The number of amides is 2. The van der Waals surface area contributed by atoms with Crippen molar-refractivity contribution >= 4 is 17.5 Å². The number of benzene rings is 2. The number of para-hydroxylation sites is 2. The van der Waals surface area contributed by atoms with Crippen LogP contribution in [0.3, 0.4) is 0 Å². The van der Waals surface area contributed by atoms with Gasteiger partial charge in [-0.15, -0.1) is 0 Å². The standard InChI is InChI=1S/C18H18N2O3/c1-19(2)18(22)16-12-20(14-10-6-7-11-15(14)23-16)17(21)13-8-4-3-5-9-13/h3-11,16H,12H2,1-2H3/t16-/m0/s1. The van der Waals surface area contributed by atoms with E-state index < -0.39 is 6.10 Å². The van der Waals surface area contributed by atoms with Gasteiger partial charge in [-0.25, -0.2) is 0 Å². The number of carbonyl (C=O) groups excluding carboxylic acids is 2. The second kappa shape index (κ2) is 6.12. The average molecular weight is 310 g/mol. The molecular formula is C18H18N2O3. The second-order valence-electron chi connectivity index (χ2n) is 5.59. The molecule has 1 atom stereocenters. The average Bonchev–Trinajstić information content (AvgIpc) is 2.60. The van der Waals surface area contributed by atoms with E-state index in [2.05, 4.69) is 0 Å². The molecule has 0 spiro atoms. The van der Waals surface area contributed by atoms with Crippen LogP contribution in [0.25, 0.3) is 0 Å². The molecule has 0 aromatic heterocycles. The molecule has 0 N–H and O–H groups in total. The van der Waals surface area contributed by atoms with Gasteiger partial charge in [0, 0.05) is 19.7 Å². The van der Waals surface area contributed by atoms with Crippen molar-refractivity contribution in [1.29, 1.82) is 0 Å². The van der Waals surface area contributed by atoms with Crippen LogP contribution in [0.4, 0.5) is 5.69 Å². The van der Waals surface area contributed by atoms with Crippen molar-refractivity contribution < 1.29 is 14.3 Å². The topological polar surface area (TPSA) is 49.9 Å². The van der Waals surface area contributed by atoms with Crippen LogP contribution in [0.1, 0.15) is 10.4 Å². The normalized spacial score (nSPS) is 16.3. The molecule has 0 radical (unpaired) electrons. The highest BCUT2D eigenvalue weighted by Gasteiger charge is 2.34. The van der Waals surface area contributed by atoms with E-state index in [0.29, 0.717) is 17.0 Å². The van der Waals surface area contributed by atoms with Gasteiger partial charge in [-0.05, 0) is 24.3 Å². The Balaban J connectivity index is 1.98. The molecule has 5 nitrogen and oxygen atoms in total. The van der Waals surface area contributed by atoms with Crippen molar-refractivity contribution in [3.8, 4) is 5.75 Å². The van der Waals surface area contributed by atoms with Gasteiger partial charge in [0.15, 0.2) is 6.10 Å². The first-order chi connectivity index (χ1) is 11.1. The van der Waals surface area contributed by atoms with Crippen LogP contribution < -0.4 is 9.64 Å². The van der Waals surface area contributed by atoms with Crippen molar-refractivity contribution in [3.63, 3.8) is 0 Å². The fourth-order valence-corrected chi connectivity index (χ4v) is 2.58. The lowest BCUT2D eigenvalue weighted by Crippen LogP contribution is -2.50. The Hall–Kier alpha value is -2.82. The van der Waals surface area contributed by atoms with E-state index in [1.165, 1.54) is 4.90 Å². The van der Waals surface area contributed by atoms with Crippen LogP contribution in [-0.2, 0) is 4.79 Å². The maximum Gasteiger partial charge on any atom is 0.265 e. The molecule has 3 rings (SSSR count). The Morgan fingerprint density at radius 2 is 1.70 bits per heavy atom. The summed E-state index contributed by atoms with van der Waals surface area (Å²) < 4.78 is 5.79. The molecule has 0 unspecified atom stereocenters. The maximum absolute atomic E-state index is 12.8. The summed E-state index contributed by atoms with van der Waals surface area (Å²) in [7, 11) is 3.35. The monoisotopic (exact) mass is 310 g/mol. The van der Waals surface area contributed by atoms with Crippen molar-refractivity contribution in [3.05, 3.63) is 60.2 Å². The van der Waals surface area contributed by atoms with Gasteiger partial charge in [-0.3, -0.25) is 9.59 Å². The van der Waals surface area contributed by atoms with Crippen LogP contribution in [-0.4, -0.2) is 43.5 Å². The summed E-state index contributed by atoms with van der Waals surface area (Å²) in [5.74, 6) is 0.242. The molecule has 2 aromatic carbocycles. The molecule has 2 aromatic rings. The largest absolute Gasteiger partial charge is 0.476 e. The molecule has 0 bridgehead atoms. The van der Waals surface area contributed by atoms with Gasteiger partial charge >= 0.3 is 0 Å². The molecule has 0 aliphatic carbocycles. The van der Waals surface area contributed by atoms with Gasteiger partial charge in [0.1, 0.15) is 5.75 Å². The van der Waals surface area contributed by atoms with Crippen molar-refractivity contribution in [2.75, 3.05) is 25.5 Å². The van der Waals surface area contributed by atoms with Crippen molar-refractivity contribution in [2.45, 2.75) is 6.10 Å². The molecule has 1 aliphatic rings. The van der Waals surface area contributed by atoms with Crippen molar-refractivity contribution in [1.82, 2.24) is 4.90 Å². The first kappa shape index (κ1) is 15.1. The van der Waals surface area contributed by atoms with E-state index in [9.17, 15) is 9.59 Å². The van der Waals surface area contributed by atoms with Gasteiger partial charge in [0.25, 0.3) is 11.8 Å². The Labute approximate surface area is 135 Å². The lowest BCUT2D eigenvalue weighted by Gasteiger charge is -2.35. The molecule has 23 heavy (non-hydrogen) atoms. The Morgan fingerprint density at radius 3 is 2.39 bits per heavy atom. The highest BCUT2D eigenvalue weighted by atomic mass is 16.5. The van der Waals surface area contributed by atoms with Gasteiger partial charge in [0.2, 0.25) is 0 Å². The van der Waals surface area contributed by atoms with Gasteiger partial charge in [0.05, 0.1) is 12.2 Å². The quantitative estimate of drug-likeness (QED) is 0.854. The van der Waals surface area contributed by atoms with E-state index in [4.69, 9.17) is 4.74 Å². The Morgan fingerprint density at radius 1 is 1.04 bits per heavy atom. The van der Waals surface area contributed by atoms with Crippen LogP contribution in [0.15, 0.2) is 54.6 Å². The van der Waals surface area contributed by atoms with Gasteiger partial charge in [-0.1, -0.05) is 30.3 Å². The highest BCUT2D eigenvalue weighted by molar-refractivity contribution is 6.07. The maximum atomic E-state index is 12.8. The third-order valence-corrected chi connectivity index (χ3v) is 3.76. The zero-order valence-corrected chi connectivity index (χ0v) is 13.1. The first-order valence-corrected chi connectivity index (χ1v) is 7.41. The smallest absolute Gasteiger partial charge is 0.265 e. The predicted molar refractivity (Wildman–Crippen MR) is 87.7 cm³/mol. The highest BCUT2D eigenvalue weighted by Crippen LogP contribution is 2.34. The second-order valence-corrected chi connectivity index (χ2v) is 5.59. The lowest BCUT2D eigenvalue weighted by atomic mass is 10.1.